The predicted octanol–water partition coefficient (Wildman–Crippen LogP) is 1.06. The van der Waals surface area contributed by atoms with Crippen molar-refractivity contribution in [1.29, 1.82) is 0 Å². The summed E-state index contributed by atoms with van der Waals surface area (Å²) in [5.74, 6) is -0.0644. The van der Waals surface area contributed by atoms with Crippen LogP contribution < -0.4 is 3.53 Å². The Bertz CT molecular complexity index is 175. The zero-order chi connectivity index (χ0) is 8.27. The fourth-order valence-corrected chi connectivity index (χ4v) is 1.36. The van der Waals surface area contributed by atoms with Crippen LogP contribution in [-0.2, 0) is 4.79 Å². The molecule has 0 aromatic heterocycles. The lowest BCUT2D eigenvalue weighted by Gasteiger charge is -2.23. The number of imide groups is 1. The molecular formula is C6H9IN2O2. The summed E-state index contributed by atoms with van der Waals surface area (Å²) in [6, 6.07) is -0.296. The van der Waals surface area contributed by atoms with Crippen LogP contribution in [0.25, 0.3) is 0 Å². The summed E-state index contributed by atoms with van der Waals surface area (Å²) in [5.41, 5.74) is 0. The maximum atomic E-state index is 11.1. The summed E-state index contributed by atoms with van der Waals surface area (Å²) < 4.78 is 2.40. The number of amides is 3. The second kappa shape index (κ2) is 3.89. The molecule has 1 N–H and O–H groups in total. The van der Waals surface area contributed by atoms with Crippen LogP contribution in [0.5, 0.6) is 0 Å². The van der Waals surface area contributed by atoms with E-state index in [9.17, 15) is 9.59 Å². The van der Waals surface area contributed by atoms with Crippen molar-refractivity contribution in [2.75, 3.05) is 6.54 Å². The molecule has 1 rings (SSSR count). The van der Waals surface area contributed by atoms with E-state index in [4.69, 9.17) is 0 Å². The standard InChI is InChI=1S/C6H9IN2O2/c7-8-6(11)9-4-2-1-3-5(9)10/h1-4H2,(H,8,11). The summed E-state index contributed by atoms with van der Waals surface area (Å²) in [6.07, 6.45) is 2.34. The molecule has 0 aromatic rings. The van der Waals surface area contributed by atoms with Crippen molar-refractivity contribution in [3.63, 3.8) is 0 Å². The minimum atomic E-state index is -0.296. The largest absolute Gasteiger partial charge is 0.332 e. The Kier molecular flexibility index (Phi) is 3.10. The maximum Gasteiger partial charge on any atom is 0.332 e. The molecule has 1 aliphatic heterocycles. The van der Waals surface area contributed by atoms with Crippen LogP contribution in [0.2, 0.25) is 0 Å². The molecule has 0 saturated carbocycles. The fourth-order valence-electron chi connectivity index (χ4n) is 1.07. The minimum Gasteiger partial charge on any atom is -0.280 e. The Morgan fingerprint density at radius 2 is 2.27 bits per heavy atom. The molecule has 1 heterocycles. The molecule has 0 unspecified atom stereocenters. The van der Waals surface area contributed by atoms with E-state index in [-0.39, 0.29) is 11.9 Å². The topological polar surface area (TPSA) is 49.4 Å². The van der Waals surface area contributed by atoms with Gasteiger partial charge in [0.15, 0.2) is 0 Å². The molecule has 0 atom stereocenters. The molecule has 0 aromatic carbocycles. The minimum absolute atomic E-state index is 0.0644. The van der Waals surface area contributed by atoms with Crippen LogP contribution in [0.1, 0.15) is 19.3 Å². The van der Waals surface area contributed by atoms with Gasteiger partial charge in [0.25, 0.3) is 0 Å². The molecule has 3 amide bonds. The maximum absolute atomic E-state index is 11.1. The average molecular weight is 268 g/mol. The number of hydrogen-bond donors (Lipinski definition) is 1. The third-order valence-electron chi connectivity index (χ3n) is 1.65. The highest BCUT2D eigenvalue weighted by atomic mass is 127. The number of carbonyl (C=O) groups is 2. The van der Waals surface area contributed by atoms with Crippen molar-refractivity contribution in [3.05, 3.63) is 0 Å². The van der Waals surface area contributed by atoms with Gasteiger partial charge in [-0.25, -0.2) is 4.79 Å². The molecule has 4 nitrogen and oxygen atoms in total. The van der Waals surface area contributed by atoms with Gasteiger partial charge in [-0.15, -0.1) is 0 Å². The van der Waals surface area contributed by atoms with Gasteiger partial charge in [0, 0.05) is 13.0 Å². The highest BCUT2D eigenvalue weighted by molar-refractivity contribution is 14.1. The first-order valence-corrected chi connectivity index (χ1v) is 4.54. The van der Waals surface area contributed by atoms with E-state index in [1.807, 2.05) is 0 Å². The van der Waals surface area contributed by atoms with Crippen LogP contribution in [0.3, 0.4) is 0 Å². The van der Waals surface area contributed by atoms with Crippen LogP contribution >= 0.6 is 22.9 Å². The average Bonchev–Trinajstić information content (AvgIpc) is 2.04. The van der Waals surface area contributed by atoms with Gasteiger partial charge in [-0.2, -0.15) is 0 Å². The number of carbonyl (C=O) groups excluding carboxylic acids is 2. The molecule has 1 saturated heterocycles. The summed E-state index contributed by atoms with van der Waals surface area (Å²) >= 11 is 1.73. The first-order chi connectivity index (χ1) is 5.25. The van der Waals surface area contributed by atoms with Crippen LogP contribution in [0.4, 0.5) is 4.79 Å². The number of nitrogens with zero attached hydrogens (tertiary/aromatic N) is 1. The summed E-state index contributed by atoms with van der Waals surface area (Å²) in [4.78, 5) is 23.3. The van der Waals surface area contributed by atoms with E-state index >= 15 is 0 Å². The fraction of sp³-hybridized carbons (Fsp3) is 0.667. The van der Waals surface area contributed by atoms with Crippen LogP contribution in [0.15, 0.2) is 0 Å². The van der Waals surface area contributed by atoms with Crippen LogP contribution in [-0.4, -0.2) is 23.4 Å². The number of nitrogens with one attached hydrogen (secondary N) is 1. The number of halogens is 1. The van der Waals surface area contributed by atoms with E-state index in [1.54, 1.807) is 22.9 Å². The highest BCUT2D eigenvalue weighted by Crippen LogP contribution is 2.10. The molecule has 11 heavy (non-hydrogen) atoms. The van der Waals surface area contributed by atoms with Gasteiger partial charge in [0.05, 0.1) is 22.9 Å². The van der Waals surface area contributed by atoms with Crippen molar-refractivity contribution < 1.29 is 9.59 Å². The number of rotatable bonds is 0. The monoisotopic (exact) mass is 268 g/mol. The van der Waals surface area contributed by atoms with E-state index in [0.29, 0.717) is 13.0 Å². The lowest BCUT2D eigenvalue weighted by atomic mass is 10.1. The lowest BCUT2D eigenvalue weighted by molar-refractivity contribution is -0.129. The Labute approximate surface area is 78.8 Å². The Hall–Kier alpha value is -0.330. The smallest absolute Gasteiger partial charge is 0.280 e. The van der Waals surface area contributed by atoms with Crippen molar-refractivity contribution in [2.45, 2.75) is 19.3 Å². The van der Waals surface area contributed by atoms with Gasteiger partial charge in [0.1, 0.15) is 0 Å². The number of hydrogen-bond acceptors (Lipinski definition) is 2. The Morgan fingerprint density at radius 1 is 1.55 bits per heavy atom. The SMILES string of the molecule is O=C1CCCCN1C(=O)NI. The quantitative estimate of drug-likeness (QED) is 0.527. The lowest BCUT2D eigenvalue weighted by Crippen LogP contribution is -2.43. The summed E-state index contributed by atoms with van der Waals surface area (Å²) in [5, 5.41) is 0. The van der Waals surface area contributed by atoms with Gasteiger partial charge in [-0.3, -0.25) is 13.2 Å². The van der Waals surface area contributed by atoms with Gasteiger partial charge >= 0.3 is 6.03 Å². The molecule has 1 aliphatic rings. The molecule has 0 spiro atoms. The first kappa shape index (κ1) is 8.76. The molecule has 0 aliphatic carbocycles. The van der Waals surface area contributed by atoms with Gasteiger partial charge < -0.3 is 0 Å². The third kappa shape index (κ3) is 2.05. The van der Waals surface area contributed by atoms with Crippen molar-refractivity contribution in [2.24, 2.45) is 0 Å². The van der Waals surface area contributed by atoms with Crippen molar-refractivity contribution in [1.82, 2.24) is 8.43 Å². The van der Waals surface area contributed by atoms with Gasteiger partial charge in [-0.05, 0) is 12.8 Å². The second-order valence-corrected chi connectivity index (χ2v) is 2.94. The van der Waals surface area contributed by atoms with Crippen LogP contribution in [0, 0.1) is 0 Å². The van der Waals surface area contributed by atoms with Crippen molar-refractivity contribution >= 4 is 34.8 Å². The molecule has 62 valence electrons. The van der Waals surface area contributed by atoms with Gasteiger partial charge in [-0.1, -0.05) is 0 Å². The highest BCUT2D eigenvalue weighted by Gasteiger charge is 2.23. The number of piperidine rings is 1. The molecule has 5 heteroatoms. The predicted molar refractivity (Wildman–Crippen MR) is 48.1 cm³/mol. The van der Waals surface area contributed by atoms with E-state index in [0.717, 1.165) is 12.8 Å². The molecular weight excluding hydrogens is 259 g/mol. The normalized spacial score (nSPS) is 18.3. The zero-order valence-electron chi connectivity index (χ0n) is 5.97. The second-order valence-electron chi connectivity index (χ2n) is 2.40. The zero-order valence-corrected chi connectivity index (χ0v) is 8.13. The van der Waals surface area contributed by atoms with Gasteiger partial charge in [0.2, 0.25) is 5.91 Å². The summed E-state index contributed by atoms with van der Waals surface area (Å²) in [7, 11) is 0. The van der Waals surface area contributed by atoms with E-state index in [2.05, 4.69) is 3.53 Å². The number of likely N-dealkylation sites (tertiary alicyclic amines) is 1. The molecule has 0 radical (unpaired) electrons. The Morgan fingerprint density at radius 3 is 2.82 bits per heavy atom. The Balaban J connectivity index is 2.54. The van der Waals surface area contributed by atoms with E-state index in [1.165, 1.54) is 4.90 Å². The molecule has 1 fully saturated rings. The van der Waals surface area contributed by atoms with E-state index < -0.39 is 0 Å². The first-order valence-electron chi connectivity index (χ1n) is 3.46. The third-order valence-corrected chi connectivity index (χ3v) is 2.11. The number of urea groups is 1. The molecule has 0 bridgehead atoms. The summed E-state index contributed by atoms with van der Waals surface area (Å²) in [6.45, 7) is 0.563. The van der Waals surface area contributed by atoms with Crippen molar-refractivity contribution in [3.8, 4) is 0 Å².